The van der Waals surface area contributed by atoms with Gasteiger partial charge in [-0.25, -0.2) is 4.39 Å². The van der Waals surface area contributed by atoms with Crippen LogP contribution in [0.15, 0.2) is 48.0 Å². The van der Waals surface area contributed by atoms with Gasteiger partial charge in [-0.3, -0.25) is 9.59 Å². The highest BCUT2D eigenvalue weighted by atomic mass is 127. The van der Waals surface area contributed by atoms with E-state index in [1.807, 2.05) is 22.6 Å². The maximum Gasteiger partial charge on any atom is 0.247 e. The van der Waals surface area contributed by atoms with Crippen LogP contribution in [0.5, 0.6) is 11.5 Å². The smallest absolute Gasteiger partial charge is 0.247 e. The van der Waals surface area contributed by atoms with E-state index in [4.69, 9.17) is 9.47 Å². The van der Waals surface area contributed by atoms with E-state index in [0.717, 1.165) is 25.7 Å². The summed E-state index contributed by atoms with van der Waals surface area (Å²) in [6.07, 6.45) is 4.61. The SMILES string of the molecule is COc1cc(CO)cc(I)c1OC1C=C(C(=O)NCCO)CC(N(Cc2ccccc2F)C(=O)CCC2CCCC2)C1O. The summed E-state index contributed by atoms with van der Waals surface area (Å²) in [7, 11) is 1.46. The van der Waals surface area contributed by atoms with E-state index in [0.29, 0.717) is 38.5 Å². The van der Waals surface area contributed by atoms with E-state index >= 15 is 0 Å². The predicted octanol–water partition coefficient (Wildman–Crippen LogP) is 3.85. The molecule has 0 aromatic heterocycles. The van der Waals surface area contributed by atoms with E-state index < -0.39 is 30.0 Å². The number of hydrogen-bond donors (Lipinski definition) is 4. The summed E-state index contributed by atoms with van der Waals surface area (Å²) < 4.78 is 27.3. The van der Waals surface area contributed by atoms with Gasteiger partial charge in [0.25, 0.3) is 0 Å². The van der Waals surface area contributed by atoms with Crippen LogP contribution in [-0.4, -0.2) is 70.5 Å². The molecule has 1 saturated carbocycles. The summed E-state index contributed by atoms with van der Waals surface area (Å²) >= 11 is 2.04. The first-order valence-corrected chi connectivity index (χ1v) is 15.8. The number of rotatable bonds is 13. The van der Waals surface area contributed by atoms with E-state index in [-0.39, 0.29) is 50.6 Å². The van der Waals surface area contributed by atoms with Crippen molar-refractivity contribution in [2.75, 3.05) is 20.3 Å². The molecule has 43 heavy (non-hydrogen) atoms. The van der Waals surface area contributed by atoms with Crippen LogP contribution in [0.4, 0.5) is 4.39 Å². The molecule has 0 bridgehead atoms. The van der Waals surface area contributed by atoms with E-state index in [1.165, 1.54) is 24.2 Å². The molecule has 2 aliphatic carbocycles. The monoisotopic (exact) mass is 710 g/mol. The molecule has 234 valence electrons. The van der Waals surface area contributed by atoms with Crippen molar-refractivity contribution in [2.24, 2.45) is 5.92 Å². The molecule has 4 rings (SSSR count). The van der Waals surface area contributed by atoms with Gasteiger partial charge in [-0.15, -0.1) is 0 Å². The lowest BCUT2D eigenvalue weighted by molar-refractivity contribution is -0.139. The Morgan fingerprint density at radius 1 is 1.16 bits per heavy atom. The number of nitrogens with zero attached hydrogens (tertiary/aromatic N) is 1. The summed E-state index contributed by atoms with van der Waals surface area (Å²) in [6, 6.07) is 8.66. The fraction of sp³-hybridized carbons (Fsp3) is 0.500. The van der Waals surface area contributed by atoms with Crippen LogP contribution in [0.3, 0.4) is 0 Å². The van der Waals surface area contributed by atoms with Crippen molar-refractivity contribution >= 4 is 34.4 Å². The van der Waals surface area contributed by atoms with Crippen LogP contribution in [0, 0.1) is 15.3 Å². The van der Waals surface area contributed by atoms with Gasteiger partial charge in [0.2, 0.25) is 11.8 Å². The van der Waals surface area contributed by atoms with Gasteiger partial charge in [-0.05, 0) is 64.8 Å². The Bertz CT molecular complexity index is 1300. The Hall–Kier alpha value is -2.74. The summed E-state index contributed by atoms with van der Waals surface area (Å²) in [5.74, 6) is -0.0439. The highest BCUT2D eigenvalue weighted by molar-refractivity contribution is 14.1. The minimum absolute atomic E-state index is 0.0135. The van der Waals surface area contributed by atoms with Gasteiger partial charge in [0.1, 0.15) is 18.0 Å². The normalized spacial score (nSPS) is 20.4. The second-order valence-corrected chi connectivity index (χ2v) is 12.2. The van der Waals surface area contributed by atoms with Gasteiger partial charge in [0, 0.05) is 37.1 Å². The molecule has 0 spiro atoms. The van der Waals surface area contributed by atoms with Gasteiger partial charge in [0.15, 0.2) is 11.5 Å². The molecule has 0 radical (unpaired) electrons. The number of amides is 2. The molecule has 3 atom stereocenters. The number of halogens is 2. The summed E-state index contributed by atoms with van der Waals surface area (Å²) in [5.41, 5.74) is 1.19. The van der Waals surface area contributed by atoms with Crippen LogP contribution in [-0.2, 0) is 22.7 Å². The lowest BCUT2D eigenvalue weighted by Gasteiger charge is -2.41. The van der Waals surface area contributed by atoms with Crippen LogP contribution >= 0.6 is 22.6 Å². The van der Waals surface area contributed by atoms with Crippen molar-refractivity contribution in [1.29, 1.82) is 0 Å². The summed E-state index contributed by atoms with van der Waals surface area (Å²) in [4.78, 5) is 28.5. The minimum Gasteiger partial charge on any atom is -0.493 e. The van der Waals surface area contributed by atoms with Gasteiger partial charge < -0.3 is 35.0 Å². The van der Waals surface area contributed by atoms with Crippen molar-refractivity contribution in [2.45, 2.75) is 76.3 Å². The average Bonchev–Trinajstić information content (AvgIpc) is 3.54. The zero-order valence-corrected chi connectivity index (χ0v) is 26.5. The Kier molecular flexibility index (Phi) is 12.2. The third-order valence-electron chi connectivity index (χ3n) is 8.20. The molecular formula is C32H40FIN2O7. The Balaban J connectivity index is 1.70. The van der Waals surface area contributed by atoms with Crippen molar-refractivity contribution in [3.05, 3.63) is 68.6 Å². The molecule has 0 saturated heterocycles. The lowest BCUT2D eigenvalue weighted by Crippen LogP contribution is -2.55. The van der Waals surface area contributed by atoms with Crippen molar-refractivity contribution in [1.82, 2.24) is 10.2 Å². The second-order valence-electron chi connectivity index (χ2n) is 11.1. The molecule has 3 unspecified atom stereocenters. The first-order chi connectivity index (χ1) is 20.7. The number of hydrogen-bond acceptors (Lipinski definition) is 7. The molecule has 11 heteroatoms. The van der Waals surface area contributed by atoms with Gasteiger partial charge in [-0.1, -0.05) is 43.9 Å². The number of carbonyl (C=O) groups is 2. The van der Waals surface area contributed by atoms with E-state index in [2.05, 4.69) is 5.32 Å². The van der Waals surface area contributed by atoms with Crippen LogP contribution in [0.1, 0.15) is 56.1 Å². The van der Waals surface area contributed by atoms with Crippen LogP contribution in [0.2, 0.25) is 0 Å². The zero-order chi connectivity index (χ0) is 30.9. The third kappa shape index (κ3) is 8.46. The molecule has 2 aliphatic rings. The molecule has 0 aliphatic heterocycles. The minimum atomic E-state index is -1.27. The third-order valence-corrected chi connectivity index (χ3v) is 9.00. The van der Waals surface area contributed by atoms with Gasteiger partial charge in [0.05, 0.1) is 29.9 Å². The standard InChI is InChI=1S/C32H40FIN2O7/c1-42-28-15-21(19-38)14-25(34)31(28)43-27-17-23(32(41)35-12-13-37)16-26(30(27)40)36(18-22-8-4-5-9-24(22)33)29(39)11-10-20-6-2-3-7-20/h4-5,8-9,14-15,17,20,26-27,30,37-38,40H,2-3,6-7,10-13,16,18-19H2,1H3,(H,35,41). The number of carbonyl (C=O) groups excluding carboxylic acids is 2. The Morgan fingerprint density at radius 3 is 2.58 bits per heavy atom. The average molecular weight is 711 g/mol. The van der Waals surface area contributed by atoms with Crippen LogP contribution < -0.4 is 14.8 Å². The quantitative estimate of drug-likeness (QED) is 0.233. The van der Waals surface area contributed by atoms with Crippen molar-refractivity contribution in [3.63, 3.8) is 0 Å². The molecule has 9 nitrogen and oxygen atoms in total. The number of benzene rings is 2. The molecule has 2 aromatic carbocycles. The number of aliphatic hydroxyl groups is 3. The van der Waals surface area contributed by atoms with E-state index in [9.17, 15) is 29.3 Å². The number of ether oxygens (including phenoxy) is 2. The molecular weight excluding hydrogens is 670 g/mol. The largest absolute Gasteiger partial charge is 0.493 e. The molecule has 2 aromatic rings. The van der Waals surface area contributed by atoms with Crippen molar-refractivity contribution in [3.8, 4) is 11.5 Å². The van der Waals surface area contributed by atoms with Gasteiger partial charge in [-0.2, -0.15) is 0 Å². The maximum atomic E-state index is 14.9. The summed E-state index contributed by atoms with van der Waals surface area (Å²) in [5, 5.41) is 33.3. The molecule has 0 heterocycles. The number of nitrogens with one attached hydrogen (secondary N) is 1. The Labute approximate surface area is 265 Å². The zero-order valence-electron chi connectivity index (χ0n) is 24.3. The topological polar surface area (TPSA) is 129 Å². The molecule has 2 amide bonds. The second kappa shape index (κ2) is 15.8. The highest BCUT2D eigenvalue weighted by Gasteiger charge is 2.41. The van der Waals surface area contributed by atoms with Crippen molar-refractivity contribution < 1.29 is 38.8 Å². The fourth-order valence-electron chi connectivity index (χ4n) is 5.87. The highest BCUT2D eigenvalue weighted by Crippen LogP contribution is 2.38. The molecule has 4 N–H and O–H groups in total. The van der Waals surface area contributed by atoms with Gasteiger partial charge >= 0.3 is 0 Å². The maximum absolute atomic E-state index is 14.9. The fourth-order valence-corrected chi connectivity index (χ4v) is 6.66. The predicted molar refractivity (Wildman–Crippen MR) is 167 cm³/mol. The number of aliphatic hydroxyl groups excluding tert-OH is 3. The summed E-state index contributed by atoms with van der Waals surface area (Å²) in [6.45, 7) is -0.509. The first-order valence-electron chi connectivity index (χ1n) is 14.7. The molecule has 1 fully saturated rings. The first kappa shape index (κ1) is 33.2. The lowest BCUT2D eigenvalue weighted by atomic mass is 9.87. The number of methoxy groups -OCH3 is 1. The van der Waals surface area contributed by atoms with Crippen LogP contribution in [0.25, 0.3) is 0 Å². The van der Waals surface area contributed by atoms with E-state index in [1.54, 1.807) is 30.3 Å². The Morgan fingerprint density at radius 2 is 1.91 bits per heavy atom.